The van der Waals surface area contributed by atoms with E-state index in [2.05, 4.69) is 13.8 Å². The highest BCUT2D eigenvalue weighted by Crippen LogP contribution is 2.49. The second-order valence-electron chi connectivity index (χ2n) is 4.46. The fraction of sp³-hybridized carbons (Fsp3) is 1.00. The van der Waals surface area contributed by atoms with Crippen LogP contribution in [0.1, 0.15) is 39.5 Å². The third-order valence-corrected chi connectivity index (χ3v) is 6.49. The summed E-state index contributed by atoms with van der Waals surface area (Å²) in [5, 5.41) is 0.349. The van der Waals surface area contributed by atoms with Crippen LogP contribution in [0.2, 0.25) is 5.04 Å². The summed E-state index contributed by atoms with van der Waals surface area (Å²) in [5.41, 5.74) is 0. The van der Waals surface area contributed by atoms with Crippen LogP contribution in [0.3, 0.4) is 0 Å². The maximum atomic E-state index is 5.53. The van der Waals surface area contributed by atoms with Crippen LogP contribution < -0.4 is 0 Å². The molecule has 3 heteroatoms. The zero-order valence-corrected chi connectivity index (χ0v) is 10.5. The van der Waals surface area contributed by atoms with Crippen molar-refractivity contribution in [3.8, 4) is 0 Å². The third kappa shape index (κ3) is 2.14. The molecule has 0 aromatic carbocycles. The summed E-state index contributed by atoms with van der Waals surface area (Å²) >= 11 is 0. The van der Waals surface area contributed by atoms with E-state index in [1.54, 1.807) is 14.2 Å². The lowest BCUT2D eigenvalue weighted by atomic mass is 9.81. The molecular weight excluding hydrogens is 180 g/mol. The van der Waals surface area contributed by atoms with Crippen molar-refractivity contribution in [3.05, 3.63) is 0 Å². The lowest BCUT2D eigenvalue weighted by molar-refractivity contribution is 0.183. The standard InChI is InChI=1S/C10H22O2Si/c1-9-7-5-6-8-10(9,2)13(11-3)12-4/h9,13H,5-8H2,1-4H3. The van der Waals surface area contributed by atoms with Crippen LogP contribution in [-0.4, -0.2) is 23.5 Å². The molecule has 0 N–H and O–H groups in total. The summed E-state index contributed by atoms with van der Waals surface area (Å²) in [7, 11) is 2.15. The molecule has 2 atom stereocenters. The van der Waals surface area contributed by atoms with Crippen LogP contribution in [0, 0.1) is 5.92 Å². The molecule has 0 bridgehead atoms. The Labute approximate surface area is 83.5 Å². The first-order valence-corrected chi connectivity index (χ1v) is 6.72. The van der Waals surface area contributed by atoms with Crippen LogP contribution in [-0.2, 0) is 8.85 Å². The zero-order chi connectivity index (χ0) is 9.90. The van der Waals surface area contributed by atoms with Gasteiger partial charge in [0, 0.05) is 19.3 Å². The van der Waals surface area contributed by atoms with Crippen molar-refractivity contribution in [2.45, 2.75) is 44.6 Å². The fourth-order valence-electron chi connectivity index (χ4n) is 2.52. The summed E-state index contributed by atoms with van der Waals surface area (Å²) in [4.78, 5) is 0. The summed E-state index contributed by atoms with van der Waals surface area (Å²) < 4.78 is 11.1. The van der Waals surface area contributed by atoms with E-state index in [0.29, 0.717) is 5.04 Å². The molecule has 1 rings (SSSR count). The number of hydrogen-bond donors (Lipinski definition) is 0. The highest BCUT2D eigenvalue weighted by atomic mass is 28.3. The number of hydrogen-bond acceptors (Lipinski definition) is 2. The zero-order valence-electron chi connectivity index (χ0n) is 9.30. The molecular formula is C10H22O2Si. The van der Waals surface area contributed by atoms with Gasteiger partial charge in [-0.1, -0.05) is 33.1 Å². The normalized spacial score (nSPS) is 35.3. The van der Waals surface area contributed by atoms with Crippen molar-refractivity contribution in [1.29, 1.82) is 0 Å². The lowest BCUT2D eigenvalue weighted by Crippen LogP contribution is -2.40. The third-order valence-electron chi connectivity index (χ3n) is 3.69. The van der Waals surface area contributed by atoms with Crippen molar-refractivity contribution in [3.63, 3.8) is 0 Å². The molecule has 78 valence electrons. The van der Waals surface area contributed by atoms with Gasteiger partial charge < -0.3 is 8.85 Å². The van der Waals surface area contributed by atoms with Crippen molar-refractivity contribution < 1.29 is 8.85 Å². The highest BCUT2D eigenvalue weighted by molar-refractivity contribution is 6.48. The van der Waals surface area contributed by atoms with Gasteiger partial charge in [0.2, 0.25) is 0 Å². The highest BCUT2D eigenvalue weighted by Gasteiger charge is 2.43. The van der Waals surface area contributed by atoms with Crippen molar-refractivity contribution in [2.75, 3.05) is 14.2 Å². The molecule has 1 aliphatic rings. The van der Waals surface area contributed by atoms with Gasteiger partial charge in [0.25, 0.3) is 0 Å². The SMILES string of the molecule is CO[SiH](OC)C1(C)CCCCC1C. The first-order valence-electron chi connectivity index (χ1n) is 5.20. The maximum absolute atomic E-state index is 5.53. The smallest absolute Gasteiger partial charge is 0.327 e. The van der Waals surface area contributed by atoms with Gasteiger partial charge in [-0.3, -0.25) is 0 Å². The Balaban J connectivity index is 2.69. The number of rotatable bonds is 3. The molecule has 2 nitrogen and oxygen atoms in total. The summed E-state index contributed by atoms with van der Waals surface area (Å²) in [6, 6.07) is 0. The van der Waals surface area contributed by atoms with Gasteiger partial charge in [-0.2, -0.15) is 0 Å². The minimum Gasteiger partial charge on any atom is -0.400 e. The molecule has 1 fully saturated rings. The largest absolute Gasteiger partial charge is 0.400 e. The molecule has 0 saturated heterocycles. The predicted octanol–water partition coefficient (Wildman–Crippen LogP) is 2.47. The van der Waals surface area contributed by atoms with Crippen molar-refractivity contribution >= 4 is 9.28 Å². The van der Waals surface area contributed by atoms with Crippen LogP contribution in [0.15, 0.2) is 0 Å². The molecule has 0 radical (unpaired) electrons. The fourth-order valence-corrected chi connectivity index (χ4v) is 4.86. The van der Waals surface area contributed by atoms with Crippen LogP contribution >= 0.6 is 0 Å². The van der Waals surface area contributed by atoms with E-state index in [1.165, 1.54) is 25.7 Å². The minimum atomic E-state index is -1.45. The van der Waals surface area contributed by atoms with Crippen molar-refractivity contribution in [1.82, 2.24) is 0 Å². The van der Waals surface area contributed by atoms with E-state index in [-0.39, 0.29) is 0 Å². The van der Waals surface area contributed by atoms with Crippen molar-refractivity contribution in [2.24, 2.45) is 5.92 Å². The van der Waals surface area contributed by atoms with Crippen LogP contribution in [0.5, 0.6) is 0 Å². The quantitative estimate of drug-likeness (QED) is 0.655. The van der Waals surface area contributed by atoms with Crippen LogP contribution in [0.25, 0.3) is 0 Å². The monoisotopic (exact) mass is 202 g/mol. The van der Waals surface area contributed by atoms with E-state index in [4.69, 9.17) is 8.85 Å². The van der Waals surface area contributed by atoms with E-state index < -0.39 is 9.28 Å². The average Bonchev–Trinajstić information content (AvgIpc) is 2.12. The van der Waals surface area contributed by atoms with Gasteiger partial charge >= 0.3 is 9.28 Å². The first-order chi connectivity index (χ1) is 6.15. The Morgan fingerprint density at radius 2 is 1.85 bits per heavy atom. The Bertz CT molecular complexity index is 159. The maximum Gasteiger partial charge on any atom is 0.327 e. The molecule has 13 heavy (non-hydrogen) atoms. The van der Waals surface area contributed by atoms with E-state index >= 15 is 0 Å². The summed E-state index contributed by atoms with van der Waals surface area (Å²) in [6.07, 6.45) is 5.35. The second kappa shape index (κ2) is 4.58. The topological polar surface area (TPSA) is 18.5 Å². The van der Waals surface area contributed by atoms with Gasteiger partial charge in [-0.05, 0) is 12.3 Å². The lowest BCUT2D eigenvalue weighted by Gasteiger charge is -2.42. The minimum absolute atomic E-state index is 0.349. The van der Waals surface area contributed by atoms with Gasteiger partial charge in [0.05, 0.1) is 0 Å². The predicted molar refractivity (Wildman–Crippen MR) is 57.2 cm³/mol. The Morgan fingerprint density at radius 3 is 2.31 bits per heavy atom. The molecule has 0 aromatic rings. The van der Waals surface area contributed by atoms with E-state index in [0.717, 1.165) is 5.92 Å². The van der Waals surface area contributed by atoms with E-state index in [9.17, 15) is 0 Å². The Morgan fingerprint density at radius 1 is 1.23 bits per heavy atom. The van der Waals surface area contributed by atoms with Gasteiger partial charge in [-0.25, -0.2) is 0 Å². The molecule has 2 unspecified atom stereocenters. The van der Waals surface area contributed by atoms with Crippen LogP contribution in [0.4, 0.5) is 0 Å². The molecule has 0 heterocycles. The summed E-state index contributed by atoms with van der Waals surface area (Å²) in [5.74, 6) is 0.762. The summed E-state index contributed by atoms with van der Waals surface area (Å²) in [6.45, 7) is 4.69. The van der Waals surface area contributed by atoms with Gasteiger partial charge in [0.15, 0.2) is 0 Å². The molecule has 0 aromatic heterocycles. The average molecular weight is 202 g/mol. The first kappa shape index (κ1) is 11.2. The molecule has 0 spiro atoms. The van der Waals surface area contributed by atoms with Gasteiger partial charge in [-0.15, -0.1) is 0 Å². The molecule has 1 saturated carbocycles. The Hall–Kier alpha value is 0.137. The second-order valence-corrected chi connectivity index (χ2v) is 7.38. The van der Waals surface area contributed by atoms with E-state index in [1.807, 2.05) is 0 Å². The Kier molecular flexibility index (Phi) is 3.95. The molecule has 0 amide bonds. The molecule has 0 aliphatic heterocycles. The molecule has 1 aliphatic carbocycles. The van der Waals surface area contributed by atoms with Gasteiger partial charge in [0.1, 0.15) is 0 Å².